The highest BCUT2D eigenvalue weighted by molar-refractivity contribution is 7.07. The van der Waals surface area contributed by atoms with E-state index >= 15 is 0 Å². The molecule has 1 fully saturated rings. The lowest BCUT2D eigenvalue weighted by molar-refractivity contribution is 0.119. The standard InChI is InChI=1S/C18H21N5OS/c1-14(15-3-11-25-13-15)21-7-9-23(10-8-21)18(24)20-16-2-5-22-6-4-19-17(22)12-16/h2-6,11-14H,7-10H2,1H3,(H,20,24). The summed E-state index contributed by atoms with van der Waals surface area (Å²) in [6.07, 6.45) is 5.53. The lowest BCUT2D eigenvalue weighted by Gasteiger charge is -2.37. The number of amides is 2. The summed E-state index contributed by atoms with van der Waals surface area (Å²) in [6.45, 7) is 5.50. The van der Waals surface area contributed by atoms with Crippen molar-refractivity contribution in [3.05, 3.63) is 53.1 Å². The minimum Gasteiger partial charge on any atom is -0.322 e. The Bertz CT molecular complexity index is 851. The van der Waals surface area contributed by atoms with Gasteiger partial charge in [0, 0.05) is 62.6 Å². The number of aromatic nitrogens is 2. The number of carbonyl (C=O) groups excluding carboxylic acids is 1. The molecular formula is C18H21N5OS. The molecule has 3 aromatic heterocycles. The number of fused-ring (bicyclic) bond motifs is 1. The van der Waals surface area contributed by atoms with Crippen molar-refractivity contribution in [2.75, 3.05) is 31.5 Å². The van der Waals surface area contributed by atoms with Crippen LogP contribution >= 0.6 is 11.3 Å². The molecular weight excluding hydrogens is 334 g/mol. The van der Waals surface area contributed by atoms with Crippen molar-refractivity contribution in [1.82, 2.24) is 19.2 Å². The van der Waals surface area contributed by atoms with Crippen LogP contribution in [0.2, 0.25) is 0 Å². The summed E-state index contributed by atoms with van der Waals surface area (Å²) in [5.74, 6) is 0. The Morgan fingerprint density at radius 1 is 1.24 bits per heavy atom. The number of pyridine rings is 1. The maximum absolute atomic E-state index is 12.5. The molecule has 0 aliphatic carbocycles. The normalized spacial score (nSPS) is 16.9. The average molecular weight is 355 g/mol. The van der Waals surface area contributed by atoms with Crippen LogP contribution in [0, 0.1) is 0 Å². The fraction of sp³-hybridized carbons (Fsp3) is 0.333. The molecule has 1 unspecified atom stereocenters. The van der Waals surface area contributed by atoms with E-state index in [4.69, 9.17) is 0 Å². The van der Waals surface area contributed by atoms with Crippen molar-refractivity contribution >= 4 is 28.7 Å². The Morgan fingerprint density at radius 2 is 2.08 bits per heavy atom. The summed E-state index contributed by atoms with van der Waals surface area (Å²) in [4.78, 5) is 21.1. The molecule has 1 atom stereocenters. The van der Waals surface area contributed by atoms with Crippen molar-refractivity contribution < 1.29 is 4.79 Å². The Balaban J connectivity index is 1.34. The van der Waals surface area contributed by atoms with Crippen LogP contribution in [0.15, 0.2) is 47.5 Å². The number of urea groups is 1. The van der Waals surface area contributed by atoms with Crippen molar-refractivity contribution in [3.63, 3.8) is 0 Å². The lowest BCUT2D eigenvalue weighted by atomic mass is 10.1. The SMILES string of the molecule is CC(c1ccsc1)N1CCN(C(=O)Nc2ccn3ccnc3c2)CC1. The van der Waals surface area contributed by atoms with E-state index in [2.05, 4.69) is 39.0 Å². The summed E-state index contributed by atoms with van der Waals surface area (Å²) in [6, 6.07) is 6.31. The zero-order valence-electron chi connectivity index (χ0n) is 14.1. The zero-order valence-corrected chi connectivity index (χ0v) is 14.9. The van der Waals surface area contributed by atoms with E-state index in [1.807, 2.05) is 33.8 Å². The molecule has 4 rings (SSSR count). The summed E-state index contributed by atoms with van der Waals surface area (Å²) < 4.78 is 1.92. The van der Waals surface area contributed by atoms with Crippen molar-refractivity contribution in [1.29, 1.82) is 0 Å². The van der Waals surface area contributed by atoms with E-state index < -0.39 is 0 Å². The fourth-order valence-electron chi connectivity index (χ4n) is 3.23. The molecule has 0 radical (unpaired) electrons. The topological polar surface area (TPSA) is 52.9 Å². The van der Waals surface area contributed by atoms with Crippen LogP contribution in [-0.4, -0.2) is 51.4 Å². The van der Waals surface area contributed by atoms with Crippen molar-refractivity contribution in [2.45, 2.75) is 13.0 Å². The second-order valence-electron chi connectivity index (χ2n) is 6.29. The number of piperazine rings is 1. The highest BCUT2D eigenvalue weighted by atomic mass is 32.1. The quantitative estimate of drug-likeness (QED) is 0.784. The third-order valence-corrected chi connectivity index (χ3v) is 5.53. The van der Waals surface area contributed by atoms with E-state index in [1.54, 1.807) is 17.5 Å². The van der Waals surface area contributed by atoms with E-state index in [0.717, 1.165) is 37.5 Å². The number of carbonyl (C=O) groups is 1. The molecule has 4 heterocycles. The number of hydrogen-bond donors (Lipinski definition) is 1. The molecule has 130 valence electrons. The van der Waals surface area contributed by atoms with Crippen LogP contribution in [0.3, 0.4) is 0 Å². The van der Waals surface area contributed by atoms with Gasteiger partial charge in [0.2, 0.25) is 0 Å². The predicted octanol–water partition coefficient (Wildman–Crippen LogP) is 3.31. The smallest absolute Gasteiger partial charge is 0.321 e. The molecule has 1 N–H and O–H groups in total. The third kappa shape index (κ3) is 3.38. The number of thiophene rings is 1. The van der Waals surface area contributed by atoms with Gasteiger partial charge in [-0.3, -0.25) is 4.90 Å². The monoisotopic (exact) mass is 355 g/mol. The largest absolute Gasteiger partial charge is 0.322 e. The zero-order chi connectivity index (χ0) is 17.2. The maximum Gasteiger partial charge on any atom is 0.321 e. The summed E-state index contributed by atoms with van der Waals surface area (Å²) in [7, 11) is 0. The molecule has 0 bridgehead atoms. The Hall–Kier alpha value is -2.38. The molecule has 3 aromatic rings. The molecule has 1 aliphatic rings. The predicted molar refractivity (Wildman–Crippen MR) is 100 cm³/mol. The van der Waals surface area contributed by atoms with Crippen LogP contribution in [0.25, 0.3) is 5.65 Å². The second-order valence-corrected chi connectivity index (χ2v) is 7.07. The summed E-state index contributed by atoms with van der Waals surface area (Å²) in [5, 5.41) is 7.30. The van der Waals surface area contributed by atoms with Crippen LogP contribution in [0.1, 0.15) is 18.5 Å². The molecule has 6 nitrogen and oxygen atoms in total. The molecule has 7 heteroatoms. The van der Waals surface area contributed by atoms with Gasteiger partial charge in [-0.15, -0.1) is 0 Å². The van der Waals surface area contributed by atoms with Crippen molar-refractivity contribution in [3.8, 4) is 0 Å². The minimum absolute atomic E-state index is 0.0428. The first kappa shape index (κ1) is 16.1. The van der Waals surface area contributed by atoms with Crippen molar-refractivity contribution in [2.24, 2.45) is 0 Å². The van der Waals surface area contributed by atoms with E-state index in [9.17, 15) is 4.79 Å². The first-order chi connectivity index (χ1) is 12.2. The molecule has 0 spiro atoms. The van der Waals surface area contributed by atoms with Gasteiger partial charge in [0.1, 0.15) is 5.65 Å². The second kappa shape index (κ2) is 6.85. The highest BCUT2D eigenvalue weighted by Gasteiger charge is 2.25. The van der Waals surface area contributed by atoms with Gasteiger partial charge in [0.15, 0.2) is 0 Å². The fourth-order valence-corrected chi connectivity index (χ4v) is 3.97. The molecule has 25 heavy (non-hydrogen) atoms. The number of anilines is 1. The van der Waals surface area contributed by atoms with Crippen LogP contribution in [0.5, 0.6) is 0 Å². The van der Waals surface area contributed by atoms with Gasteiger partial charge in [-0.05, 0) is 35.4 Å². The molecule has 0 aromatic carbocycles. The van der Waals surface area contributed by atoms with Gasteiger partial charge in [0.05, 0.1) is 0 Å². The maximum atomic E-state index is 12.5. The average Bonchev–Trinajstić information content (AvgIpc) is 3.32. The van der Waals surface area contributed by atoms with Crippen LogP contribution in [0.4, 0.5) is 10.5 Å². The number of nitrogens with one attached hydrogen (secondary N) is 1. The van der Waals surface area contributed by atoms with Gasteiger partial charge in [0.25, 0.3) is 0 Å². The Labute approximate surface area is 150 Å². The van der Waals surface area contributed by atoms with Gasteiger partial charge >= 0.3 is 6.03 Å². The molecule has 2 amide bonds. The Morgan fingerprint density at radius 3 is 2.84 bits per heavy atom. The van der Waals surface area contributed by atoms with E-state index in [1.165, 1.54) is 5.56 Å². The first-order valence-corrected chi connectivity index (χ1v) is 9.40. The molecule has 0 saturated carbocycles. The van der Waals surface area contributed by atoms with Crippen LogP contribution in [-0.2, 0) is 0 Å². The number of nitrogens with zero attached hydrogens (tertiary/aromatic N) is 4. The summed E-state index contributed by atoms with van der Waals surface area (Å²) in [5.41, 5.74) is 2.96. The summed E-state index contributed by atoms with van der Waals surface area (Å²) >= 11 is 1.73. The molecule has 1 aliphatic heterocycles. The lowest BCUT2D eigenvalue weighted by Crippen LogP contribution is -2.50. The van der Waals surface area contributed by atoms with Gasteiger partial charge in [-0.1, -0.05) is 0 Å². The van der Waals surface area contributed by atoms with Gasteiger partial charge < -0.3 is 14.6 Å². The minimum atomic E-state index is -0.0428. The van der Waals surface area contributed by atoms with Crippen LogP contribution < -0.4 is 5.32 Å². The first-order valence-electron chi connectivity index (χ1n) is 8.45. The van der Waals surface area contributed by atoms with Gasteiger partial charge in [-0.25, -0.2) is 9.78 Å². The van der Waals surface area contributed by atoms with E-state index in [-0.39, 0.29) is 6.03 Å². The van der Waals surface area contributed by atoms with Gasteiger partial charge in [-0.2, -0.15) is 11.3 Å². The Kier molecular flexibility index (Phi) is 4.42. The highest BCUT2D eigenvalue weighted by Crippen LogP contribution is 2.23. The number of hydrogen-bond acceptors (Lipinski definition) is 4. The number of imidazole rings is 1. The molecule has 1 saturated heterocycles. The number of rotatable bonds is 3. The third-order valence-electron chi connectivity index (χ3n) is 4.82. The van der Waals surface area contributed by atoms with E-state index in [0.29, 0.717) is 6.04 Å².